The van der Waals surface area contributed by atoms with Gasteiger partial charge in [0.05, 0.1) is 14.2 Å². The minimum Gasteiger partial charge on any atom is -0.493 e. The Morgan fingerprint density at radius 2 is 1.73 bits per heavy atom. The molecule has 6 heteroatoms. The summed E-state index contributed by atoms with van der Waals surface area (Å²) in [5, 5.41) is 11.6. The van der Waals surface area contributed by atoms with Gasteiger partial charge in [-0.2, -0.15) is 0 Å². The first kappa shape index (κ1) is 15.8. The second-order valence-corrected chi connectivity index (χ2v) is 7.09. The molecule has 0 amide bonds. The van der Waals surface area contributed by atoms with Crippen LogP contribution in [0.1, 0.15) is 28.3 Å². The van der Waals surface area contributed by atoms with E-state index in [4.69, 9.17) is 18.9 Å². The van der Waals surface area contributed by atoms with Gasteiger partial charge in [0.25, 0.3) is 0 Å². The molecule has 3 aliphatic heterocycles. The van der Waals surface area contributed by atoms with Gasteiger partial charge in [0.1, 0.15) is 5.72 Å². The molecule has 3 aliphatic rings. The van der Waals surface area contributed by atoms with Crippen molar-refractivity contribution in [3.05, 3.63) is 46.5 Å². The predicted molar refractivity (Wildman–Crippen MR) is 93.9 cm³/mol. The monoisotopic (exact) mass is 355 g/mol. The van der Waals surface area contributed by atoms with Crippen molar-refractivity contribution in [3.8, 4) is 23.0 Å². The Bertz CT molecular complexity index is 912. The number of hydrogen-bond acceptors (Lipinski definition) is 6. The molecule has 0 fully saturated rings. The van der Waals surface area contributed by atoms with Gasteiger partial charge < -0.3 is 24.1 Å². The number of ether oxygens (including phenoxy) is 4. The van der Waals surface area contributed by atoms with Crippen LogP contribution in [-0.4, -0.2) is 38.1 Å². The van der Waals surface area contributed by atoms with E-state index in [1.165, 1.54) is 0 Å². The summed E-state index contributed by atoms with van der Waals surface area (Å²) in [4.78, 5) is 2.05. The first-order valence-electron chi connectivity index (χ1n) is 8.68. The number of hydrogen-bond donors (Lipinski definition) is 1. The van der Waals surface area contributed by atoms with Gasteiger partial charge in [-0.05, 0) is 54.4 Å². The first-order chi connectivity index (χ1) is 12.5. The number of fused-ring (bicyclic) bond motifs is 7. The Balaban J connectivity index is 1.69. The number of rotatable bonds is 2. The van der Waals surface area contributed by atoms with Crippen LogP contribution in [0.25, 0.3) is 0 Å². The molecule has 2 bridgehead atoms. The summed E-state index contributed by atoms with van der Waals surface area (Å²) in [7, 11) is 5.24. The van der Waals surface area contributed by atoms with Gasteiger partial charge >= 0.3 is 0 Å². The maximum atomic E-state index is 11.6. The van der Waals surface area contributed by atoms with Gasteiger partial charge in [-0.1, -0.05) is 0 Å². The fourth-order valence-electron chi connectivity index (χ4n) is 4.52. The topological polar surface area (TPSA) is 60.4 Å². The van der Waals surface area contributed by atoms with Gasteiger partial charge in [-0.15, -0.1) is 0 Å². The van der Waals surface area contributed by atoms with Crippen molar-refractivity contribution >= 4 is 0 Å². The van der Waals surface area contributed by atoms with Crippen LogP contribution in [0.4, 0.5) is 0 Å². The second-order valence-electron chi connectivity index (χ2n) is 7.09. The third kappa shape index (κ3) is 1.94. The van der Waals surface area contributed by atoms with Crippen molar-refractivity contribution in [1.82, 2.24) is 4.90 Å². The van der Waals surface area contributed by atoms with Crippen LogP contribution in [0, 0.1) is 0 Å². The number of likely N-dealkylation sites (N-methyl/N-ethyl adjacent to an activating group) is 1. The molecule has 0 saturated heterocycles. The van der Waals surface area contributed by atoms with Crippen molar-refractivity contribution in [3.63, 3.8) is 0 Å². The van der Waals surface area contributed by atoms with E-state index in [-0.39, 0.29) is 12.8 Å². The van der Waals surface area contributed by atoms with E-state index in [0.29, 0.717) is 23.7 Å². The third-order valence-electron chi connectivity index (χ3n) is 5.94. The SMILES string of the molecule is COc1cc2c(cc1OC)C1Cc3cc4c(cc3C(O)(C2)N1C)OCO4. The summed E-state index contributed by atoms with van der Waals surface area (Å²) >= 11 is 0. The average Bonchev–Trinajstić information content (AvgIpc) is 3.10. The molecule has 2 atom stereocenters. The average molecular weight is 355 g/mol. The number of nitrogens with zero attached hydrogens (tertiary/aromatic N) is 1. The smallest absolute Gasteiger partial charge is 0.231 e. The minimum absolute atomic E-state index is 0.0522. The van der Waals surface area contributed by atoms with Crippen molar-refractivity contribution < 1.29 is 24.1 Å². The van der Waals surface area contributed by atoms with Crippen LogP contribution >= 0.6 is 0 Å². The summed E-state index contributed by atoms with van der Waals surface area (Å²) in [5.41, 5.74) is 3.14. The Kier molecular flexibility index (Phi) is 3.21. The van der Waals surface area contributed by atoms with Crippen LogP contribution in [0.5, 0.6) is 23.0 Å². The number of benzene rings is 2. The zero-order valence-corrected chi connectivity index (χ0v) is 15.0. The van der Waals surface area contributed by atoms with Gasteiger partial charge in [0.2, 0.25) is 6.79 Å². The van der Waals surface area contributed by atoms with E-state index in [9.17, 15) is 5.11 Å². The molecule has 2 unspecified atom stereocenters. The summed E-state index contributed by atoms with van der Waals surface area (Å²) in [6.07, 6.45) is 1.26. The van der Waals surface area contributed by atoms with E-state index in [0.717, 1.165) is 34.4 Å². The Hall–Kier alpha value is -2.44. The molecule has 1 N–H and O–H groups in total. The van der Waals surface area contributed by atoms with Crippen LogP contribution in [-0.2, 0) is 18.6 Å². The standard InChI is InChI=1S/C20H21NO5/c1-21-15-4-11-5-18-19(26-10-25-18)8-14(11)20(21,22)9-12-6-16(23-2)17(24-3)7-13(12)15/h5-8,15,22H,4,9-10H2,1-3H3. The molecule has 0 saturated carbocycles. The van der Waals surface area contributed by atoms with Crippen LogP contribution in [0.15, 0.2) is 24.3 Å². The Labute approximate surface area is 151 Å². The highest BCUT2D eigenvalue weighted by Gasteiger charge is 2.49. The lowest BCUT2D eigenvalue weighted by Gasteiger charge is -2.51. The molecule has 3 heterocycles. The maximum absolute atomic E-state index is 11.6. The summed E-state index contributed by atoms with van der Waals surface area (Å²) in [6.45, 7) is 0.227. The normalized spacial score (nSPS) is 25.5. The van der Waals surface area contributed by atoms with Crippen LogP contribution < -0.4 is 18.9 Å². The van der Waals surface area contributed by atoms with E-state index in [2.05, 4.69) is 0 Å². The van der Waals surface area contributed by atoms with Crippen LogP contribution in [0.2, 0.25) is 0 Å². The molecule has 6 nitrogen and oxygen atoms in total. The van der Waals surface area contributed by atoms with Gasteiger partial charge in [-0.3, -0.25) is 4.90 Å². The number of methoxy groups -OCH3 is 2. The zero-order chi connectivity index (χ0) is 18.1. The molecule has 0 aromatic heterocycles. The molecule has 5 rings (SSSR count). The molecule has 26 heavy (non-hydrogen) atoms. The maximum Gasteiger partial charge on any atom is 0.231 e. The van der Waals surface area contributed by atoms with Crippen LogP contribution in [0.3, 0.4) is 0 Å². The summed E-state index contributed by atoms with van der Waals surface area (Å²) in [5.74, 6) is 2.84. The lowest BCUT2D eigenvalue weighted by Crippen LogP contribution is -2.54. The van der Waals surface area contributed by atoms with Crippen molar-refractivity contribution in [2.24, 2.45) is 0 Å². The predicted octanol–water partition coefficient (Wildman–Crippen LogP) is 2.36. The van der Waals surface area contributed by atoms with E-state index >= 15 is 0 Å². The highest BCUT2D eigenvalue weighted by atomic mass is 16.7. The summed E-state index contributed by atoms with van der Waals surface area (Å²) < 4.78 is 22.0. The van der Waals surface area contributed by atoms with Gasteiger partial charge in [0, 0.05) is 18.0 Å². The van der Waals surface area contributed by atoms with Crippen molar-refractivity contribution in [2.45, 2.75) is 24.6 Å². The van der Waals surface area contributed by atoms with Crippen molar-refractivity contribution in [1.29, 1.82) is 0 Å². The molecule has 136 valence electrons. The number of aliphatic hydroxyl groups is 1. The minimum atomic E-state index is -1.09. The quantitative estimate of drug-likeness (QED) is 0.892. The van der Waals surface area contributed by atoms with E-state index < -0.39 is 5.72 Å². The molecule has 0 aliphatic carbocycles. The Morgan fingerprint density at radius 1 is 1.04 bits per heavy atom. The van der Waals surface area contributed by atoms with Gasteiger partial charge in [-0.25, -0.2) is 0 Å². The largest absolute Gasteiger partial charge is 0.493 e. The second kappa shape index (κ2) is 5.28. The molecule has 0 spiro atoms. The third-order valence-corrected chi connectivity index (χ3v) is 5.94. The molecule has 2 aromatic carbocycles. The highest BCUT2D eigenvalue weighted by molar-refractivity contribution is 5.56. The highest BCUT2D eigenvalue weighted by Crippen LogP contribution is 2.52. The van der Waals surface area contributed by atoms with E-state index in [1.807, 2.05) is 36.2 Å². The van der Waals surface area contributed by atoms with Crippen molar-refractivity contribution in [2.75, 3.05) is 28.1 Å². The van der Waals surface area contributed by atoms with E-state index in [1.54, 1.807) is 14.2 Å². The molecular formula is C20H21NO5. The van der Waals surface area contributed by atoms with Gasteiger partial charge in [0.15, 0.2) is 23.0 Å². The molecular weight excluding hydrogens is 334 g/mol. The fourth-order valence-corrected chi connectivity index (χ4v) is 4.52. The molecule has 0 radical (unpaired) electrons. The molecule has 2 aromatic rings. The lowest BCUT2D eigenvalue weighted by atomic mass is 9.74. The zero-order valence-electron chi connectivity index (χ0n) is 15.0. The lowest BCUT2D eigenvalue weighted by molar-refractivity contribution is -0.141. The summed E-state index contributed by atoms with van der Waals surface area (Å²) in [6, 6.07) is 8.01. The fraction of sp³-hybridized carbons (Fsp3) is 0.400. The first-order valence-corrected chi connectivity index (χ1v) is 8.68. The Morgan fingerprint density at radius 3 is 2.46 bits per heavy atom.